The Morgan fingerprint density at radius 1 is 1.50 bits per heavy atom. The molecule has 0 aromatic carbocycles. The van der Waals surface area contributed by atoms with Gasteiger partial charge in [-0.05, 0) is 19.1 Å². The van der Waals surface area contributed by atoms with E-state index in [2.05, 4.69) is 20.7 Å². The van der Waals surface area contributed by atoms with Gasteiger partial charge in [-0.25, -0.2) is 9.97 Å². The summed E-state index contributed by atoms with van der Waals surface area (Å²) < 4.78 is 0. The third kappa shape index (κ3) is 3.02. The summed E-state index contributed by atoms with van der Waals surface area (Å²) >= 11 is 1.56. The molecule has 1 amide bonds. The normalized spacial score (nSPS) is 10.1. The summed E-state index contributed by atoms with van der Waals surface area (Å²) in [5.74, 6) is 4.98. The van der Waals surface area contributed by atoms with Gasteiger partial charge >= 0.3 is 0 Å². The molecule has 0 unspecified atom stereocenters. The van der Waals surface area contributed by atoms with Gasteiger partial charge < -0.3 is 10.7 Å². The van der Waals surface area contributed by atoms with Gasteiger partial charge in [0.15, 0.2) is 0 Å². The Balaban J connectivity index is 1.94. The van der Waals surface area contributed by atoms with Crippen molar-refractivity contribution in [2.24, 2.45) is 5.84 Å². The Bertz CT molecular complexity index is 537. The molecule has 0 bridgehead atoms. The molecule has 0 aliphatic carbocycles. The second kappa shape index (κ2) is 5.56. The summed E-state index contributed by atoms with van der Waals surface area (Å²) in [6.07, 6.45) is 1.50. The Morgan fingerprint density at radius 2 is 2.33 bits per heavy atom. The molecule has 0 saturated heterocycles. The van der Waals surface area contributed by atoms with E-state index in [0.29, 0.717) is 17.9 Å². The number of nitrogen functional groups attached to an aromatic ring is 1. The predicted octanol–water partition coefficient (Wildman–Crippen LogP) is 1.06. The standard InChI is InChI=1S/C11H13N5OS/c1-7-15-9(6-18-7)5-14-11(17)10-3-2-8(16-12)4-13-10/h2-4,6,16H,5,12H2,1H3,(H,14,17). The predicted molar refractivity (Wildman–Crippen MR) is 70.1 cm³/mol. The number of anilines is 1. The maximum atomic E-state index is 11.8. The lowest BCUT2D eigenvalue weighted by molar-refractivity contribution is 0.0945. The lowest BCUT2D eigenvalue weighted by Crippen LogP contribution is -2.24. The number of thiazole rings is 1. The first kappa shape index (κ1) is 12.5. The van der Waals surface area contributed by atoms with Crippen molar-refractivity contribution in [2.45, 2.75) is 13.5 Å². The van der Waals surface area contributed by atoms with Gasteiger partial charge in [0, 0.05) is 5.38 Å². The molecule has 2 aromatic rings. The molecular formula is C11H13N5OS. The summed E-state index contributed by atoms with van der Waals surface area (Å²) in [6.45, 7) is 2.33. The zero-order chi connectivity index (χ0) is 13.0. The minimum Gasteiger partial charge on any atom is -0.345 e. The van der Waals surface area contributed by atoms with Crippen molar-refractivity contribution in [2.75, 3.05) is 5.43 Å². The first-order valence-electron chi connectivity index (χ1n) is 5.31. The highest BCUT2D eigenvalue weighted by atomic mass is 32.1. The number of carbonyl (C=O) groups is 1. The summed E-state index contributed by atoms with van der Waals surface area (Å²) in [5.41, 5.74) is 4.31. The number of pyridine rings is 1. The molecule has 0 radical (unpaired) electrons. The van der Waals surface area contributed by atoms with Gasteiger partial charge in [0.25, 0.3) is 5.91 Å². The molecule has 0 atom stereocenters. The molecule has 4 N–H and O–H groups in total. The maximum absolute atomic E-state index is 11.8. The molecule has 0 aliphatic heterocycles. The fourth-order valence-electron chi connectivity index (χ4n) is 1.36. The monoisotopic (exact) mass is 263 g/mol. The summed E-state index contributed by atoms with van der Waals surface area (Å²) in [7, 11) is 0. The van der Waals surface area contributed by atoms with Crippen LogP contribution in [-0.2, 0) is 6.54 Å². The van der Waals surface area contributed by atoms with E-state index in [0.717, 1.165) is 10.7 Å². The zero-order valence-corrected chi connectivity index (χ0v) is 10.6. The Morgan fingerprint density at radius 3 is 2.89 bits per heavy atom. The number of amides is 1. The molecule has 0 fully saturated rings. The fourth-order valence-corrected chi connectivity index (χ4v) is 1.98. The van der Waals surface area contributed by atoms with Crippen molar-refractivity contribution in [3.63, 3.8) is 0 Å². The molecule has 18 heavy (non-hydrogen) atoms. The molecule has 0 spiro atoms. The number of carbonyl (C=O) groups excluding carboxylic acids is 1. The molecule has 2 heterocycles. The fraction of sp³-hybridized carbons (Fsp3) is 0.182. The second-order valence-corrected chi connectivity index (χ2v) is 4.68. The smallest absolute Gasteiger partial charge is 0.270 e. The van der Waals surface area contributed by atoms with E-state index in [1.807, 2.05) is 12.3 Å². The van der Waals surface area contributed by atoms with Gasteiger partial charge in [0.05, 0.1) is 29.1 Å². The molecule has 0 saturated carbocycles. The average Bonchev–Trinajstić information content (AvgIpc) is 2.82. The van der Waals surface area contributed by atoms with E-state index in [-0.39, 0.29) is 5.91 Å². The SMILES string of the molecule is Cc1nc(CNC(=O)c2ccc(NN)cn2)cs1. The van der Waals surface area contributed by atoms with Crippen molar-refractivity contribution in [3.05, 3.63) is 40.1 Å². The topological polar surface area (TPSA) is 92.9 Å². The number of nitrogens with two attached hydrogens (primary N) is 1. The van der Waals surface area contributed by atoms with Crippen LogP contribution in [0.5, 0.6) is 0 Å². The van der Waals surface area contributed by atoms with E-state index >= 15 is 0 Å². The minimum absolute atomic E-state index is 0.232. The van der Waals surface area contributed by atoms with Crippen molar-refractivity contribution in [3.8, 4) is 0 Å². The molecule has 7 heteroatoms. The van der Waals surface area contributed by atoms with Gasteiger partial charge in [-0.2, -0.15) is 0 Å². The number of nitrogens with one attached hydrogen (secondary N) is 2. The van der Waals surface area contributed by atoms with E-state index in [9.17, 15) is 4.79 Å². The molecule has 94 valence electrons. The van der Waals surface area contributed by atoms with Crippen LogP contribution in [0.4, 0.5) is 5.69 Å². The quantitative estimate of drug-likeness (QED) is 0.566. The van der Waals surface area contributed by atoms with Gasteiger partial charge in [-0.3, -0.25) is 10.6 Å². The first-order chi connectivity index (χ1) is 8.69. The van der Waals surface area contributed by atoms with Crippen LogP contribution in [-0.4, -0.2) is 15.9 Å². The summed E-state index contributed by atoms with van der Waals surface area (Å²) in [6, 6.07) is 3.30. The van der Waals surface area contributed by atoms with Crippen molar-refractivity contribution in [1.29, 1.82) is 0 Å². The van der Waals surface area contributed by atoms with Crippen LogP contribution in [0.3, 0.4) is 0 Å². The van der Waals surface area contributed by atoms with Crippen LogP contribution < -0.4 is 16.6 Å². The van der Waals surface area contributed by atoms with Crippen molar-refractivity contribution in [1.82, 2.24) is 15.3 Å². The maximum Gasteiger partial charge on any atom is 0.270 e. The van der Waals surface area contributed by atoms with Gasteiger partial charge in [0.1, 0.15) is 5.69 Å². The second-order valence-electron chi connectivity index (χ2n) is 3.62. The van der Waals surface area contributed by atoms with Gasteiger partial charge in [-0.15, -0.1) is 11.3 Å². The van der Waals surface area contributed by atoms with Crippen LogP contribution >= 0.6 is 11.3 Å². The Hall–Kier alpha value is -1.99. The first-order valence-corrected chi connectivity index (χ1v) is 6.19. The number of aryl methyl sites for hydroxylation is 1. The number of hydrogen-bond donors (Lipinski definition) is 3. The van der Waals surface area contributed by atoms with Crippen LogP contribution in [0.25, 0.3) is 0 Å². The van der Waals surface area contributed by atoms with Crippen LogP contribution in [0.2, 0.25) is 0 Å². The van der Waals surface area contributed by atoms with E-state index in [1.54, 1.807) is 23.5 Å². The Labute approximate surface area is 108 Å². The largest absolute Gasteiger partial charge is 0.345 e. The number of hydrazine groups is 1. The zero-order valence-electron chi connectivity index (χ0n) is 9.80. The van der Waals surface area contributed by atoms with Gasteiger partial charge in [-0.1, -0.05) is 0 Å². The van der Waals surface area contributed by atoms with Crippen molar-refractivity contribution < 1.29 is 4.79 Å². The number of rotatable bonds is 4. The summed E-state index contributed by atoms with van der Waals surface area (Å²) in [5, 5.41) is 5.66. The van der Waals surface area contributed by atoms with E-state index in [1.165, 1.54) is 6.20 Å². The van der Waals surface area contributed by atoms with Crippen molar-refractivity contribution >= 4 is 22.9 Å². The molecule has 2 aromatic heterocycles. The average molecular weight is 263 g/mol. The lowest BCUT2D eigenvalue weighted by Gasteiger charge is -2.03. The molecule has 0 aliphatic rings. The van der Waals surface area contributed by atoms with Gasteiger partial charge in [0.2, 0.25) is 0 Å². The molecular weight excluding hydrogens is 250 g/mol. The number of hydrogen-bond acceptors (Lipinski definition) is 6. The molecule has 6 nitrogen and oxygen atoms in total. The number of aromatic nitrogens is 2. The minimum atomic E-state index is -0.232. The van der Waals surface area contributed by atoms with E-state index < -0.39 is 0 Å². The number of nitrogens with zero attached hydrogens (tertiary/aromatic N) is 2. The lowest BCUT2D eigenvalue weighted by atomic mass is 10.3. The summed E-state index contributed by atoms with van der Waals surface area (Å²) in [4.78, 5) is 20.0. The van der Waals surface area contributed by atoms with Crippen LogP contribution in [0.1, 0.15) is 21.2 Å². The highest BCUT2D eigenvalue weighted by Gasteiger charge is 2.07. The third-order valence-electron chi connectivity index (χ3n) is 2.26. The van der Waals surface area contributed by atoms with E-state index in [4.69, 9.17) is 5.84 Å². The van der Waals surface area contributed by atoms with Crippen LogP contribution in [0.15, 0.2) is 23.7 Å². The highest BCUT2D eigenvalue weighted by Crippen LogP contribution is 2.08. The molecule has 2 rings (SSSR count). The third-order valence-corrected chi connectivity index (χ3v) is 3.08. The van der Waals surface area contributed by atoms with Crippen LogP contribution in [0, 0.1) is 6.92 Å². The Kier molecular flexibility index (Phi) is 3.85. The highest BCUT2D eigenvalue weighted by molar-refractivity contribution is 7.09.